The Kier molecular flexibility index (Phi) is 17.4. The van der Waals surface area contributed by atoms with Crippen LogP contribution in [0.25, 0.3) is 0 Å². The fourth-order valence-corrected chi connectivity index (χ4v) is 0. The van der Waals surface area contributed by atoms with Gasteiger partial charge in [-0.3, -0.25) is 0 Å². The number of nitrogens with zero attached hydrogens (tertiary/aromatic N) is 2. The van der Waals surface area contributed by atoms with Crippen molar-refractivity contribution < 1.29 is 47.7 Å². The zero-order valence-corrected chi connectivity index (χ0v) is 5.62. The quantitative estimate of drug-likeness (QED) is 0.202. The van der Waals surface area contributed by atoms with Crippen LogP contribution in [0.5, 0.6) is 0 Å². The Labute approximate surface area is 68.9 Å². The molecule has 0 N–H and O–H groups in total. The third-order valence-electron chi connectivity index (χ3n) is 0.122. The van der Waals surface area contributed by atoms with E-state index in [1.165, 1.54) is 0 Å². The van der Waals surface area contributed by atoms with Crippen LogP contribution in [-0.2, 0) is 27.0 Å². The second kappa shape index (κ2) is 11.6. The van der Waals surface area contributed by atoms with Crippen molar-refractivity contribution >= 4 is 0 Å². The number of hydrogen-bond donors (Lipinski definition) is 0. The molecule has 0 aromatic rings. The van der Waals surface area contributed by atoms with E-state index in [1.807, 2.05) is 0 Å². The van der Waals surface area contributed by atoms with Crippen LogP contribution in [0.1, 0.15) is 0 Å². The molecule has 0 aliphatic carbocycles. The Balaban J connectivity index is -0.000000107. The first-order valence-corrected chi connectivity index (χ1v) is 1.43. The topological polar surface area (TPSA) is 151 Å². The molecule has 0 atom stereocenters. The summed E-state index contributed by atoms with van der Waals surface area (Å²) >= 11 is 0. The maximum atomic E-state index is 8.64. The smallest absolute Gasteiger partial charge is 0.694 e. The summed E-state index contributed by atoms with van der Waals surface area (Å²) in [5, 5.41) is 31.3. The summed E-state index contributed by atoms with van der Waals surface area (Å²) in [6.07, 6.45) is 0. The second-order valence-electron chi connectivity index (χ2n) is 0.596. The van der Waals surface area contributed by atoms with Crippen LogP contribution in [0.2, 0.25) is 0 Å². The molecule has 0 radical (unpaired) electrons. The van der Waals surface area contributed by atoms with Crippen molar-refractivity contribution in [1.29, 1.82) is 0 Å². The maximum Gasteiger partial charge on any atom is 2.00 e. The number of rotatable bonds is 2. The summed E-state index contributed by atoms with van der Waals surface area (Å²) in [6, 6.07) is 0. The molecule has 0 aliphatic rings. The summed E-state index contributed by atoms with van der Waals surface area (Å²) in [6.45, 7) is 0. The zero-order valence-electron chi connectivity index (χ0n) is 4.51. The third-order valence-corrected chi connectivity index (χ3v) is 0.122. The van der Waals surface area contributed by atoms with Gasteiger partial charge in [0.05, 0.1) is 0 Å². The van der Waals surface area contributed by atoms with Crippen LogP contribution in [0.4, 0.5) is 0 Å². The van der Waals surface area contributed by atoms with Crippen molar-refractivity contribution in [2.75, 3.05) is 0 Å². The molecule has 0 aromatic carbocycles. The molecule has 0 spiro atoms. The molecule has 11 heteroatoms. The SMILES string of the molecule is O=[N+]([O-])O[O-].O=[N+]([O-])O[O-].[Fe+2]. The normalized spacial score (nSPS) is 6.00. The number of hydrogen-bond acceptors (Lipinski definition) is 8. The predicted molar refractivity (Wildman–Crippen MR) is 16.2 cm³/mol. The van der Waals surface area contributed by atoms with Gasteiger partial charge in [-0.15, -0.1) is 20.2 Å². The van der Waals surface area contributed by atoms with E-state index < -0.39 is 10.2 Å². The van der Waals surface area contributed by atoms with Crippen LogP contribution in [-0.4, -0.2) is 10.2 Å². The molecular weight excluding hydrogens is 212 g/mol. The van der Waals surface area contributed by atoms with E-state index in [9.17, 15) is 0 Å². The fraction of sp³-hybridized carbons (Fsp3) is 0. The molecule has 0 heterocycles. The van der Waals surface area contributed by atoms with Crippen LogP contribution in [0, 0.1) is 20.2 Å². The van der Waals surface area contributed by atoms with Gasteiger partial charge in [0.1, 0.15) is 0 Å². The Morgan fingerprint density at radius 1 is 0.909 bits per heavy atom. The molecule has 10 nitrogen and oxygen atoms in total. The molecule has 0 saturated carbocycles. The molecule has 0 unspecified atom stereocenters. The molecule has 0 bridgehead atoms. The summed E-state index contributed by atoms with van der Waals surface area (Å²) in [4.78, 5) is 21.7. The molecule has 0 fully saturated rings. The van der Waals surface area contributed by atoms with Gasteiger partial charge < -0.3 is 20.5 Å². The largest absolute Gasteiger partial charge is 2.00 e. The summed E-state index contributed by atoms with van der Waals surface area (Å²) in [7, 11) is 0. The molecule has 0 amide bonds. The first kappa shape index (κ1) is 16.4. The van der Waals surface area contributed by atoms with Gasteiger partial charge in [-0.05, 0) is 0 Å². The van der Waals surface area contributed by atoms with Gasteiger partial charge in [-0.1, -0.05) is 0 Å². The van der Waals surface area contributed by atoms with E-state index in [0.29, 0.717) is 0 Å². The predicted octanol–water partition coefficient (Wildman–Crippen LogP) is -3.06. The first-order valence-electron chi connectivity index (χ1n) is 1.43. The monoisotopic (exact) mass is 212 g/mol. The van der Waals surface area contributed by atoms with E-state index in [-0.39, 0.29) is 17.1 Å². The Hall–Kier alpha value is -1.16. The van der Waals surface area contributed by atoms with E-state index in [4.69, 9.17) is 30.7 Å². The van der Waals surface area contributed by atoms with Crippen LogP contribution < -0.4 is 10.5 Å². The van der Waals surface area contributed by atoms with Gasteiger partial charge in [0, 0.05) is 0 Å². The minimum absolute atomic E-state index is 0. The Bertz CT molecular complexity index is 96.7. The Morgan fingerprint density at radius 3 is 1.00 bits per heavy atom. The standard InChI is InChI=1S/Fe.2HNO4/c;2*2-1(3)5-4/h;2*4H/q+2;;/p-2. The summed E-state index contributed by atoms with van der Waals surface area (Å²) < 4.78 is 0. The van der Waals surface area contributed by atoms with Crippen molar-refractivity contribution in [3.63, 3.8) is 0 Å². The summed E-state index contributed by atoms with van der Waals surface area (Å²) in [5.74, 6) is 0. The first-order chi connectivity index (χ1) is 4.54. The van der Waals surface area contributed by atoms with Crippen LogP contribution in [0.15, 0.2) is 0 Å². The average Bonchev–Trinajstić information content (AvgIpc) is 1.89. The molecule has 11 heavy (non-hydrogen) atoms. The van der Waals surface area contributed by atoms with Crippen molar-refractivity contribution in [2.24, 2.45) is 0 Å². The maximum absolute atomic E-state index is 8.64. The van der Waals surface area contributed by atoms with Gasteiger partial charge in [0.15, 0.2) is 0 Å². The van der Waals surface area contributed by atoms with Crippen molar-refractivity contribution in [2.45, 2.75) is 0 Å². The molecule has 0 aromatic heterocycles. The van der Waals surface area contributed by atoms with Crippen molar-refractivity contribution in [3.8, 4) is 0 Å². The van der Waals surface area contributed by atoms with Gasteiger partial charge in [0.25, 0.3) is 10.2 Å². The second-order valence-corrected chi connectivity index (χ2v) is 0.596. The average molecular weight is 212 g/mol. The molecule has 0 aliphatic heterocycles. The molecule has 66 valence electrons. The van der Waals surface area contributed by atoms with Crippen molar-refractivity contribution in [1.82, 2.24) is 0 Å². The molecule has 0 saturated heterocycles. The summed E-state index contributed by atoms with van der Waals surface area (Å²) in [5.41, 5.74) is 0. The van der Waals surface area contributed by atoms with E-state index in [0.717, 1.165) is 0 Å². The van der Waals surface area contributed by atoms with Gasteiger partial charge in [0.2, 0.25) is 0 Å². The van der Waals surface area contributed by atoms with E-state index >= 15 is 0 Å². The van der Waals surface area contributed by atoms with Crippen LogP contribution in [0.3, 0.4) is 0 Å². The molecular formula is FeN2O8. The van der Waals surface area contributed by atoms with E-state index in [2.05, 4.69) is 9.98 Å². The minimum atomic E-state index is -1.43. The zero-order chi connectivity index (χ0) is 8.57. The molecule has 0 rings (SSSR count). The van der Waals surface area contributed by atoms with Gasteiger partial charge >= 0.3 is 17.1 Å². The van der Waals surface area contributed by atoms with Crippen molar-refractivity contribution in [3.05, 3.63) is 20.2 Å². The van der Waals surface area contributed by atoms with Gasteiger partial charge in [-0.25, -0.2) is 0 Å². The Morgan fingerprint density at radius 2 is 1.00 bits per heavy atom. The fourth-order valence-electron chi connectivity index (χ4n) is 0. The third kappa shape index (κ3) is 51.3. The van der Waals surface area contributed by atoms with Gasteiger partial charge in [-0.2, -0.15) is 0 Å². The minimum Gasteiger partial charge on any atom is -0.694 e. The van der Waals surface area contributed by atoms with E-state index in [1.54, 1.807) is 0 Å². The van der Waals surface area contributed by atoms with Crippen LogP contribution >= 0.6 is 0 Å².